The van der Waals surface area contributed by atoms with Crippen LogP contribution in [0, 0.1) is 17.3 Å². The van der Waals surface area contributed by atoms with Crippen LogP contribution in [0.1, 0.15) is 27.7 Å². The van der Waals surface area contributed by atoms with Gasteiger partial charge in [-0.15, -0.1) is 0 Å². The van der Waals surface area contributed by atoms with Crippen LogP contribution in [0.5, 0.6) is 11.5 Å². The van der Waals surface area contributed by atoms with Gasteiger partial charge in [-0.2, -0.15) is 0 Å². The lowest BCUT2D eigenvalue weighted by Gasteiger charge is -2.11. The van der Waals surface area contributed by atoms with Crippen LogP contribution >= 0.6 is 0 Å². The molecule has 2 atom stereocenters. The number of allylic oxidation sites excluding steroid dienone is 2. The minimum Gasteiger partial charge on any atom is -0.493 e. The van der Waals surface area contributed by atoms with Gasteiger partial charge in [-0.05, 0) is 37.3 Å². The van der Waals surface area contributed by atoms with E-state index in [0.29, 0.717) is 17.2 Å². The Morgan fingerprint density at radius 1 is 1.12 bits per heavy atom. The van der Waals surface area contributed by atoms with Crippen molar-refractivity contribution in [2.24, 2.45) is 17.3 Å². The van der Waals surface area contributed by atoms with Gasteiger partial charge in [-0.1, -0.05) is 25.5 Å². The third-order valence-corrected chi connectivity index (χ3v) is 4.58. The topological polar surface area (TPSA) is 76.7 Å². The quantitative estimate of drug-likeness (QED) is 0.799. The van der Waals surface area contributed by atoms with Crippen LogP contribution in [-0.4, -0.2) is 26.2 Å². The number of amides is 3. The monoisotopic (exact) mass is 346 g/mol. The lowest BCUT2D eigenvalue weighted by molar-refractivity contribution is -0.121. The Balaban J connectivity index is 1.99. The van der Waals surface area contributed by atoms with Crippen LogP contribution in [0.4, 0.5) is 10.5 Å². The molecule has 3 amide bonds. The molecule has 0 bridgehead atoms. The van der Waals surface area contributed by atoms with E-state index < -0.39 is 6.03 Å². The van der Waals surface area contributed by atoms with E-state index in [2.05, 4.69) is 16.7 Å². The summed E-state index contributed by atoms with van der Waals surface area (Å²) in [5.74, 6) is 0.766. The highest BCUT2D eigenvalue weighted by Gasteiger charge is 2.60. The zero-order valence-corrected chi connectivity index (χ0v) is 15.6. The SMILES string of the molecule is COc1ccc(NC(=O)NC(=O)C2C(C=C(C)C)C2(C)C)cc1OC. The number of rotatable bonds is 5. The number of imide groups is 1. The fourth-order valence-corrected chi connectivity index (χ4v) is 3.11. The molecule has 1 aliphatic rings. The maximum absolute atomic E-state index is 12.4. The average Bonchev–Trinajstić information content (AvgIpc) is 3.06. The molecule has 1 fully saturated rings. The molecule has 6 nitrogen and oxygen atoms in total. The Labute approximate surface area is 148 Å². The minimum atomic E-state index is -0.559. The standard InChI is InChI=1S/C19H26N2O4/c1-11(2)9-13-16(19(13,3)4)17(22)21-18(23)20-12-7-8-14(24-5)15(10-12)25-6/h7-10,13,16H,1-6H3,(H2,20,21,22,23). The second-order valence-electron chi connectivity index (χ2n) is 7.08. The van der Waals surface area contributed by atoms with Crippen LogP contribution in [0.3, 0.4) is 0 Å². The van der Waals surface area contributed by atoms with Crippen molar-refractivity contribution >= 4 is 17.6 Å². The van der Waals surface area contributed by atoms with Gasteiger partial charge in [0.15, 0.2) is 11.5 Å². The van der Waals surface area contributed by atoms with Gasteiger partial charge in [0.1, 0.15) is 0 Å². The number of hydrogen-bond acceptors (Lipinski definition) is 4. The highest BCUT2D eigenvalue weighted by Crippen LogP contribution is 2.59. The second kappa shape index (κ2) is 7.17. The van der Waals surface area contributed by atoms with Gasteiger partial charge in [-0.3, -0.25) is 10.1 Å². The normalized spacial score (nSPS) is 20.2. The van der Waals surface area contributed by atoms with Gasteiger partial charge in [0.25, 0.3) is 0 Å². The fourth-order valence-electron chi connectivity index (χ4n) is 3.11. The molecule has 1 aliphatic carbocycles. The lowest BCUT2D eigenvalue weighted by atomic mass is 10.1. The summed E-state index contributed by atoms with van der Waals surface area (Å²) in [6.07, 6.45) is 2.09. The number of benzene rings is 1. The number of nitrogens with one attached hydrogen (secondary N) is 2. The van der Waals surface area contributed by atoms with Gasteiger partial charge < -0.3 is 14.8 Å². The zero-order valence-electron chi connectivity index (χ0n) is 15.6. The zero-order chi connectivity index (χ0) is 18.8. The summed E-state index contributed by atoms with van der Waals surface area (Å²) in [5, 5.41) is 5.07. The van der Waals surface area contributed by atoms with Crippen LogP contribution in [0.25, 0.3) is 0 Å². The number of carbonyl (C=O) groups is 2. The Morgan fingerprint density at radius 2 is 1.76 bits per heavy atom. The Bertz CT molecular complexity index is 705. The fraction of sp³-hybridized carbons (Fsp3) is 0.474. The van der Waals surface area contributed by atoms with Crippen molar-refractivity contribution < 1.29 is 19.1 Å². The molecule has 1 saturated carbocycles. The molecule has 25 heavy (non-hydrogen) atoms. The third-order valence-electron chi connectivity index (χ3n) is 4.58. The van der Waals surface area contributed by atoms with Gasteiger partial charge in [0, 0.05) is 11.8 Å². The van der Waals surface area contributed by atoms with Crippen molar-refractivity contribution in [1.29, 1.82) is 0 Å². The highest BCUT2D eigenvalue weighted by molar-refractivity contribution is 6.03. The summed E-state index contributed by atoms with van der Waals surface area (Å²) in [7, 11) is 3.06. The number of hydrogen-bond donors (Lipinski definition) is 2. The molecule has 2 unspecified atom stereocenters. The van der Waals surface area contributed by atoms with Gasteiger partial charge in [0.2, 0.25) is 5.91 Å². The molecule has 0 heterocycles. The molecular formula is C19H26N2O4. The molecule has 1 aromatic rings. The number of methoxy groups -OCH3 is 2. The molecule has 0 saturated heterocycles. The summed E-state index contributed by atoms with van der Waals surface area (Å²) >= 11 is 0. The molecule has 0 radical (unpaired) electrons. The number of anilines is 1. The summed E-state index contributed by atoms with van der Waals surface area (Å²) in [4.78, 5) is 24.5. The largest absolute Gasteiger partial charge is 0.493 e. The van der Waals surface area contributed by atoms with Gasteiger partial charge in [0.05, 0.1) is 20.1 Å². The molecule has 0 spiro atoms. The number of carbonyl (C=O) groups excluding carboxylic acids is 2. The van der Waals surface area contributed by atoms with Crippen molar-refractivity contribution in [3.8, 4) is 11.5 Å². The van der Waals surface area contributed by atoms with E-state index in [1.54, 1.807) is 18.2 Å². The first kappa shape index (κ1) is 18.8. The molecule has 6 heteroatoms. The maximum Gasteiger partial charge on any atom is 0.325 e. The predicted octanol–water partition coefficient (Wildman–Crippen LogP) is 3.59. The summed E-state index contributed by atoms with van der Waals surface area (Å²) < 4.78 is 10.3. The first-order chi connectivity index (χ1) is 11.7. The average molecular weight is 346 g/mol. The number of urea groups is 1. The van der Waals surface area contributed by atoms with Gasteiger partial charge in [-0.25, -0.2) is 4.79 Å². The van der Waals surface area contributed by atoms with Crippen molar-refractivity contribution in [1.82, 2.24) is 5.32 Å². The number of ether oxygens (including phenoxy) is 2. The molecule has 136 valence electrons. The molecular weight excluding hydrogens is 320 g/mol. The molecule has 2 N–H and O–H groups in total. The van der Waals surface area contributed by atoms with E-state index in [-0.39, 0.29) is 23.2 Å². The first-order valence-electron chi connectivity index (χ1n) is 8.19. The lowest BCUT2D eigenvalue weighted by Crippen LogP contribution is -2.36. The molecule has 1 aromatic carbocycles. The summed E-state index contributed by atoms with van der Waals surface area (Å²) in [5.41, 5.74) is 1.55. The van der Waals surface area contributed by atoms with Crippen LogP contribution < -0.4 is 20.1 Å². The van der Waals surface area contributed by atoms with E-state index in [0.717, 1.165) is 0 Å². The molecule has 2 rings (SSSR count). The van der Waals surface area contributed by atoms with Crippen molar-refractivity contribution in [2.75, 3.05) is 19.5 Å². The van der Waals surface area contributed by atoms with E-state index >= 15 is 0 Å². The van der Waals surface area contributed by atoms with Crippen LogP contribution in [-0.2, 0) is 4.79 Å². The van der Waals surface area contributed by atoms with Crippen molar-refractivity contribution in [2.45, 2.75) is 27.7 Å². The molecule has 0 aromatic heterocycles. The third kappa shape index (κ3) is 4.13. The van der Waals surface area contributed by atoms with Crippen LogP contribution in [0.15, 0.2) is 29.8 Å². The second-order valence-corrected chi connectivity index (χ2v) is 7.08. The van der Waals surface area contributed by atoms with Crippen molar-refractivity contribution in [3.63, 3.8) is 0 Å². The van der Waals surface area contributed by atoms with Crippen molar-refractivity contribution in [3.05, 3.63) is 29.8 Å². The van der Waals surface area contributed by atoms with Gasteiger partial charge >= 0.3 is 6.03 Å². The smallest absolute Gasteiger partial charge is 0.325 e. The Kier molecular flexibility index (Phi) is 5.40. The highest BCUT2D eigenvalue weighted by atomic mass is 16.5. The van der Waals surface area contributed by atoms with E-state index in [1.165, 1.54) is 19.8 Å². The first-order valence-corrected chi connectivity index (χ1v) is 8.19. The predicted molar refractivity (Wildman–Crippen MR) is 96.9 cm³/mol. The van der Waals surface area contributed by atoms with Crippen LogP contribution in [0.2, 0.25) is 0 Å². The summed E-state index contributed by atoms with van der Waals surface area (Å²) in [6, 6.07) is 4.44. The Hall–Kier alpha value is -2.50. The van der Waals surface area contributed by atoms with E-state index in [4.69, 9.17) is 9.47 Å². The van der Waals surface area contributed by atoms with E-state index in [1.807, 2.05) is 27.7 Å². The summed E-state index contributed by atoms with van der Waals surface area (Å²) in [6.45, 7) is 8.08. The molecule has 0 aliphatic heterocycles. The minimum absolute atomic E-state index is 0.134. The maximum atomic E-state index is 12.4. The van der Waals surface area contributed by atoms with E-state index in [9.17, 15) is 9.59 Å². The Morgan fingerprint density at radius 3 is 2.32 bits per heavy atom.